The topological polar surface area (TPSA) is 61.2 Å². The lowest BCUT2D eigenvalue weighted by Gasteiger charge is -2.06. The van der Waals surface area contributed by atoms with Gasteiger partial charge >= 0.3 is 11.5 Å². The number of nitrogens with zero attached hydrogens (tertiary/aromatic N) is 2. The summed E-state index contributed by atoms with van der Waals surface area (Å²) in [5, 5.41) is 5.14. The number of carbonyl (C=O) groups is 1. The van der Waals surface area contributed by atoms with Crippen molar-refractivity contribution in [2.75, 3.05) is 0 Å². The molecule has 0 saturated heterocycles. The summed E-state index contributed by atoms with van der Waals surface area (Å²) in [6, 6.07) is 7.05. The molecule has 0 N–H and O–H groups in total. The molecule has 0 radical (unpaired) electrons. The molecule has 16 heavy (non-hydrogen) atoms. The number of aryl methyl sites for hydroxylation is 1. The molecule has 0 fully saturated rings. The smallest absolute Gasteiger partial charge is 0.316 e. The average molecular weight is 218 g/mol. The van der Waals surface area contributed by atoms with Crippen LogP contribution in [-0.4, -0.2) is 15.9 Å². The highest BCUT2D eigenvalue weighted by molar-refractivity contribution is 5.83. The van der Waals surface area contributed by atoms with E-state index in [-0.39, 0.29) is 0 Å². The van der Waals surface area contributed by atoms with E-state index in [1.807, 2.05) is 6.07 Å². The van der Waals surface area contributed by atoms with E-state index in [1.165, 1.54) is 6.92 Å². The molecule has 1 aromatic carbocycles. The lowest BCUT2D eigenvalue weighted by molar-refractivity contribution is -0.143. The molecule has 82 valence electrons. The third-order valence-electron chi connectivity index (χ3n) is 2.18. The maximum Gasteiger partial charge on any atom is 0.332 e. The van der Waals surface area contributed by atoms with Gasteiger partial charge in [0.25, 0.3) is 0 Å². The first-order chi connectivity index (χ1) is 7.59. The zero-order valence-corrected chi connectivity index (χ0v) is 8.93. The van der Waals surface area contributed by atoms with Crippen molar-refractivity contribution in [3.8, 4) is 0 Å². The molecule has 0 amide bonds. The van der Waals surface area contributed by atoms with Crippen LogP contribution in [0.1, 0.15) is 12.6 Å². The van der Waals surface area contributed by atoms with Gasteiger partial charge in [-0.1, -0.05) is 18.2 Å². The summed E-state index contributed by atoms with van der Waals surface area (Å²) in [7, 11) is 0. The summed E-state index contributed by atoms with van der Waals surface area (Å²) in [5.41, 5.74) is 0.202. The second-order valence-electron chi connectivity index (χ2n) is 3.39. The minimum Gasteiger partial charge on any atom is -0.316 e. The highest BCUT2D eigenvalue weighted by Crippen LogP contribution is 2.11. The fourth-order valence-corrected chi connectivity index (χ4v) is 1.51. The largest absolute Gasteiger partial charge is 0.332 e. The Balaban J connectivity index is 2.75. The summed E-state index contributed by atoms with van der Waals surface area (Å²) >= 11 is 0. The first-order valence-corrected chi connectivity index (χ1v) is 4.77. The molecule has 5 heteroatoms. The van der Waals surface area contributed by atoms with Gasteiger partial charge in [0.15, 0.2) is 0 Å². The van der Waals surface area contributed by atoms with E-state index in [9.17, 15) is 9.59 Å². The summed E-state index contributed by atoms with van der Waals surface area (Å²) in [5.74, 6) is -0.579. The van der Waals surface area contributed by atoms with Crippen LogP contribution in [0.4, 0.5) is 0 Å². The molecule has 0 aliphatic carbocycles. The quantitative estimate of drug-likeness (QED) is 0.706. The predicted molar refractivity (Wildman–Crippen MR) is 58.0 cm³/mol. The van der Waals surface area contributed by atoms with Crippen LogP contribution >= 0.6 is 0 Å². The number of carbonyl (C=O) groups excluding carboxylic acids is 1. The predicted octanol–water partition coefficient (Wildman–Crippen LogP) is 0.680. The van der Waals surface area contributed by atoms with E-state index in [1.54, 1.807) is 25.1 Å². The highest BCUT2D eigenvalue weighted by atomic mass is 16.7. The Hall–Kier alpha value is -2.17. The van der Waals surface area contributed by atoms with Gasteiger partial charge in [0.1, 0.15) is 0 Å². The third-order valence-corrected chi connectivity index (χ3v) is 2.18. The maximum atomic E-state index is 11.8. The highest BCUT2D eigenvalue weighted by Gasteiger charge is 2.08. The van der Waals surface area contributed by atoms with Crippen molar-refractivity contribution in [1.29, 1.82) is 0 Å². The van der Waals surface area contributed by atoms with Crippen molar-refractivity contribution in [3.63, 3.8) is 0 Å². The molecule has 0 aliphatic heterocycles. The number of aromatic nitrogens is 2. The number of rotatable bonds is 1. The van der Waals surface area contributed by atoms with Crippen LogP contribution in [0, 0.1) is 6.92 Å². The maximum absolute atomic E-state index is 11.8. The van der Waals surface area contributed by atoms with E-state index in [0.29, 0.717) is 11.1 Å². The molecule has 1 heterocycles. The summed E-state index contributed by atoms with van der Waals surface area (Å²) in [6.45, 7) is 2.97. The molecule has 1 aromatic heterocycles. The molecule has 0 aliphatic rings. The van der Waals surface area contributed by atoms with Crippen LogP contribution in [0.5, 0.6) is 0 Å². The van der Waals surface area contributed by atoms with Crippen LogP contribution in [0.15, 0.2) is 29.1 Å². The summed E-state index contributed by atoms with van der Waals surface area (Å²) in [6.07, 6.45) is 0. The molecule has 0 saturated carbocycles. The van der Waals surface area contributed by atoms with Gasteiger partial charge in [-0.2, -0.15) is 0 Å². The molecular weight excluding hydrogens is 208 g/mol. The lowest BCUT2D eigenvalue weighted by atomic mass is 10.1. The van der Waals surface area contributed by atoms with Crippen molar-refractivity contribution >= 4 is 16.7 Å². The monoisotopic (exact) mass is 218 g/mol. The molecule has 0 atom stereocenters. The van der Waals surface area contributed by atoms with Crippen LogP contribution in [0.25, 0.3) is 10.8 Å². The molecule has 0 unspecified atom stereocenters. The summed E-state index contributed by atoms with van der Waals surface area (Å²) < 4.78 is 0. The van der Waals surface area contributed by atoms with Crippen molar-refractivity contribution in [2.24, 2.45) is 0 Å². The Morgan fingerprint density at radius 2 is 1.94 bits per heavy atom. The van der Waals surface area contributed by atoms with E-state index >= 15 is 0 Å². The van der Waals surface area contributed by atoms with Gasteiger partial charge in [0.2, 0.25) is 0 Å². The number of benzene rings is 1. The number of fused-ring (bicyclic) bond motifs is 1. The summed E-state index contributed by atoms with van der Waals surface area (Å²) in [4.78, 5) is 28.0. The Bertz CT molecular complexity index is 616. The molecule has 0 spiro atoms. The first kappa shape index (κ1) is 10.4. The molecular formula is C11H10N2O3. The number of hydrogen-bond donors (Lipinski definition) is 0. The van der Waals surface area contributed by atoms with E-state index in [4.69, 9.17) is 0 Å². The zero-order chi connectivity index (χ0) is 11.7. The van der Waals surface area contributed by atoms with Gasteiger partial charge < -0.3 is 4.84 Å². The van der Waals surface area contributed by atoms with Crippen molar-refractivity contribution in [2.45, 2.75) is 13.8 Å². The van der Waals surface area contributed by atoms with Crippen LogP contribution in [0.3, 0.4) is 0 Å². The van der Waals surface area contributed by atoms with Crippen molar-refractivity contribution in [1.82, 2.24) is 9.94 Å². The third kappa shape index (κ3) is 1.67. The fraction of sp³-hybridized carbons (Fsp3) is 0.182. The van der Waals surface area contributed by atoms with Crippen molar-refractivity contribution < 1.29 is 9.63 Å². The van der Waals surface area contributed by atoms with Gasteiger partial charge in [-0.15, -0.1) is 5.10 Å². The van der Waals surface area contributed by atoms with Gasteiger partial charge in [0, 0.05) is 12.3 Å². The van der Waals surface area contributed by atoms with Crippen LogP contribution < -0.4 is 10.4 Å². The van der Waals surface area contributed by atoms with Crippen LogP contribution in [-0.2, 0) is 4.79 Å². The Kier molecular flexibility index (Phi) is 2.44. The zero-order valence-electron chi connectivity index (χ0n) is 8.93. The van der Waals surface area contributed by atoms with Gasteiger partial charge in [-0.25, -0.2) is 4.79 Å². The minimum atomic E-state index is -0.579. The van der Waals surface area contributed by atoms with E-state index in [0.717, 1.165) is 10.2 Å². The Morgan fingerprint density at radius 3 is 2.56 bits per heavy atom. The minimum absolute atomic E-state index is 0.434. The molecule has 0 bridgehead atoms. The van der Waals surface area contributed by atoms with Gasteiger partial charge in [-0.3, -0.25) is 4.79 Å². The van der Waals surface area contributed by atoms with Crippen molar-refractivity contribution in [3.05, 3.63) is 40.3 Å². The molecule has 5 nitrogen and oxygen atoms in total. The lowest BCUT2D eigenvalue weighted by Crippen LogP contribution is -2.32. The van der Waals surface area contributed by atoms with Crippen LogP contribution in [0.2, 0.25) is 0 Å². The fourth-order valence-electron chi connectivity index (χ4n) is 1.51. The second-order valence-corrected chi connectivity index (χ2v) is 3.39. The molecule has 2 rings (SSSR count). The standard InChI is InChI=1S/C11H10N2O3/c1-7-9-5-3-4-6-10(9)11(15)13(12-7)16-8(2)14/h3-6H,1-2H3. The second kappa shape index (κ2) is 3.77. The van der Waals surface area contributed by atoms with E-state index < -0.39 is 11.5 Å². The first-order valence-electron chi connectivity index (χ1n) is 4.77. The Morgan fingerprint density at radius 1 is 1.31 bits per heavy atom. The number of hydrogen-bond acceptors (Lipinski definition) is 4. The SMILES string of the molecule is CC(=O)On1nc(C)c2ccccc2c1=O. The van der Waals surface area contributed by atoms with Gasteiger partial charge in [-0.05, 0) is 17.8 Å². The van der Waals surface area contributed by atoms with Gasteiger partial charge in [0.05, 0.1) is 11.1 Å². The Labute approximate surface area is 91.2 Å². The normalized spacial score (nSPS) is 10.4. The van der Waals surface area contributed by atoms with E-state index in [2.05, 4.69) is 9.94 Å². The molecule has 2 aromatic rings. The average Bonchev–Trinajstić information content (AvgIpc) is 2.25.